The van der Waals surface area contributed by atoms with Crippen molar-refractivity contribution in [3.05, 3.63) is 60.4 Å². The van der Waals surface area contributed by atoms with E-state index in [0.29, 0.717) is 18.2 Å². The fourth-order valence-electron chi connectivity index (χ4n) is 3.19. The molecule has 1 aromatic heterocycles. The fourth-order valence-corrected chi connectivity index (χ4v) is 3.19. The Labute approximate surface area is 165 Å². The maximum absolute atomic E-state index is 12.3. The van der Waals surface area contributed by atoms with Gasteiger partial charge in [-0.05, 0) is 55.8 Å². The van der Waals surface area contributed by atoms with Crippen LogP contribution in [0.1, 0.15) is 23.2 Å². The van der Waals surface area contributed by atoms with Crippen molar-refractivity contribution in [1.29, 1.82) is 0 Å². The molecule has 0 spiro atoms. The second kappa shape index (κ2) is 9.03. The molecule has 2 N–H and O–H groups in total. The van der Waals surface area contributed by atoms with Crippen molar-refractivity contribution < 1.29 is 4.79 Å². The maximum Gasteiger partial charge on any atom is 0.251 e. The number of hydrogen-bond donors (Lipinski definition) is 2. The van der Waals surface area contributed by atoms with E-state index >= 15 is 0 Å². The lowest BCUT2D eigenvalue weighted by Gasteiger charge is -2.12. The molecule has 1 atom stereocenters. The van der Waals surface area contributed by atoms with E-state index in [1.807, 2.05) is 59.4 Å². The minimum atomic E-state index is -0.0225. The lowest BCUT2D eigenvalue weighted by Crippen LogP contribution is -2.37. The fraction of sp³-hybridized carbons (Fsp3) is 0.263. The first-order valence-corrected chi connectivity index (χ1v) is 8.35. The van der Waals surface area contributed by atoms with Crippen molar-refractivity contribution in [2.75, 3.05) is 13.1 Å². The van der Waals surface area contributed by atoms with Crippen LogP contribution < -0.4 is 10.6 Å². The Bertz CT molecular complexity index is 857. The first-order valence-electron chi connectivity index (χ1n) is 8.35. The summed E-state index contributed by atoms with van der Waals surface area (Å²) in [6, 6.07) is 16.1. The second-order valence-electron chi connectivity index (χ2n) is 6.15. The van der Waals surface area contributed by atoms with E-state index in [9.17, 15) is 4.79 Å². The monoisotopic (exact) mass is 392 g/mol. The van der Waals surface area contributed by atoms with Gasteiger partial charge in [0.15, 0.2) is 0 Å². The van der Waals surface area contributed by atoms with Gasteiger partial charge in [0.2, 0.25) is 0 Å². The van der Waals surface area contributed by atoms with E-state index < -0.39 is 0 Å². The van der Waals surface area contributed by atoms with Crippen molar-refractivity contribution in [2.45, 2.75) is 18.9 Å². The van der Waals surface area contributed by atoms with Gasteiger partial charge in [-0.15, -0.1) is 24.8 Å². The molecule has 1 amide bonds. The number of fused-ring (bicyclic) bond motifs is 1. The molecular formula is C19H22Cl2N4O. The highest BCUT2D eigenvalue weighted by atomic mass is 35.5. The maximum atomic E-state index is 12.3. The normalized spacial score (nSPS) is 15.9. The van der Waals surface area contributed by atoms with Crippen LogP contribution in [-0.4, -0.2) is 34.6 Å². The van der Waals surface area contributed by atoms with Gasteiger partial charge in [-0.2, -0.15) is 0 Å². The van der Waals surface area contributed by atoms with Crippen LogP contribution in [0.3, 0.4) is 0 Å². The number of nitrogens with zero attached hydrogens (tertiary/aromatic N) is 2. The van der Waals surface area contributed by atoms with Gasteiger partial charge in [0.25, 0.3) is 5.91 Å². The number of benzene rings is 2. The van der Waals surface area contributed by atoms with Crippen LogP contribution in [0.15, 0.2) is 54.9 Å². The van der Waals surface area contributed by atoms with E-state index in [1.54, 1.807) is 0 Å². The Morgan fingerprint density at radius 2 is 1.92 bits per heavy atom. The van der Waals surface area contributed by atoms with Crippen LogP contribution >= 0.6 is 24.8 Å². The van der Waals surface area contributed by atoms with Crippen LogP contribution in [0.4, 0.5) is 0 Å². The van der Waals surface area contributed by atoms with Crippen molar-refractivity contribution in [1.82, 2.24) is 20.2 Å². The molecule has 0 bridgehead atoms. The molecule has 2 aromatic carbocycles. The summed E-state index contributed by atoms with van der Waals surface area (Å²) in [5.41, 5.74) is 3.70. The number of aromatic nitrogens is 2. The van der Waals surface area contributed by atoms with E-state index in [0.717, 1.165) is 29.7 Å². The SMILES string of the molecule is Cl.Cl.O=C(NCC1CCCN1)c1ccc(-n2cnc3ccccc32)cc1. The zero-order valence-electron chi connectivity index (χ0n) is 14.2. The number of carbonyl (C=O) groups excluding carboxylic acids is 1. The first kappa shape index (κ1) is 20.2. The van der Waals surface area contributed by atoms with Crippen molar-refractivity contribution in [2.24, 2.45) is 0 Å². The number of imidazole rings is 1. The summed E-state index contributed by atoms with van der Waals surface area (Å²) in [6.45, 7) is 1.74. The summed E-state index contributed by atoms with van der Waals surface area (Å²) in [7, 11) is 0. The topological polar surface area (TPSA) is 59.0 Å². The molecule has 1 aliphatic rings. The quantitative estimate of drug-likeness (QED) is 0.715. The minimum absolute atomic E-state index is 0. The summed E-state index contributed by atoms with van der Waals surface area (Å²) < 4.78 is 2.03. The summed E-state index contributed by atoms with van der Waals surface area (Å²) in [5.74, 6) is -0.0225. The van der Waals surface area contributed by atoms with Gasteiger partial charge in [-0.25, -0.2) is 4.98 Å². The van der Waals surface area contributed by atoms with Crippen LogP contribution in [0.25, 0.3) is 16.7 Å². The van der Waals surface area contributed by atoms with Gasteiger partial charge in [0.1, 0.15) is 6.33 Å². The molecule has 2 heterocycles. The highest BCUT2D eigenvalue weighted by Crippen LogP contribution is 2.18. The molecule has 0 radical (unpaired) electrons. The van der Waals surface area contributed by atoms with Crippen LogP contribution in [0.5, 0.6) is 0 Å². The van der Waals surface area contributed by atoms with Crippen molar-refractivity contribution in [3.63, 3.8) is 0 Å². The Morgan fingerprint density at radius 1 is 1.15 bits per heavy atom. The molecule has 3 aromatic rings. The predicted molar refractivity (Wildman–Crippen MR) is 109 cm³/mol. The first-order chi connectivity index (χ1) is 11.8. The lowest BCUT2D eigenvalue weighted by atomic mass is 10.1. The number of nitrogens with one attached hydrogen (secondary N) is 2. The number of rotatable bonds is 4. The van der Waals surface area contributed by atoms with Gasteiger partial charge in [-0.1, -0.05) is 12.1 Å². The molecule has 1 aliphatic heterocycles. The molecular weight excluding hydrogens is 371 g/mol. The number of carbonyl (C=O) groups is 1. The average molecular weight is 393 g/mol. The van der Waals surface area contributed by atoms with Gasteiger partial charge >= 0.3 is 0 Å². The lowest BCUT2D eigenvalue weighted by molar-refractivity contribution is 0.0950. The van der Waals surface area contributed by atoms with Gasteiger partial charge in [0.05, 0.1) is 11.0 Å². The summed E-state index contributed by atoms with van der Waals surface area (Å²) >= 11 is 0. The smallest absolute Gasteiger partial charge is 0.251 e. The Hall–Kier alpha value is -2.08. The van der Waals surface area contributed by atoms with Crippen molar-refractivity contribution >= 4 is 41.8 Å². The summed E-state index contributed by atoms with van der Waals surface area (Å²) in [5, 5.41) is 6.39. The molecule has 7 heteroatoms. The van der Waals surface area contributed by atoms with Gasteiger partial charge in [0, 0.05) is 23.8 Å². The Kier molecular flexibility index (Phi) is 7.03. The third kappa shape index (κ3) is 4.18. The number of para-hydroxylation sites is 2. The Balaban J connectivity index is 0.00000121. The molecule has 0 saturated carbocycles. The third-order valence-electron chi connectivity index (χ3n) is 4.53. The molecule has 1 unspecified atom stereocenters. The highest BCUT2D eigenvalue weighted by molar-refractivity contribution is 5.94. The van der Waals surface area contributed by atoms with Gasteiger partial charge in [-0.3, -0.25) is 9.36 Å². The van der Waals surface area contributed by atoms with Crippen LogP contribution in [-0.2, 0) is 0 Å². The van der Waals surface area contributed by atoms with Crippen LogP contribution in [0, 0.1) is 0 Å². The molecule has 1 saturated heterocycles. The predicted octanol–water partition coefficient (Wildman–Crippen LogP) is 3.35. The summed E-state index contributed by atoms with van der Waals surface area (Å²) in [6.07, 6.45) is 4.13. The Morgan fingerprint density at radius 3 is 2.65 bits per heavy atom. The molecule has 0 aliphatic carbocycles. The standard InChI is InChI=1S/C19H20N4O.2ClH/c24-19(21-12-15-4-3-11-20-15)14-7-9-16(10-8-14)23-13-22-17-5-1-2-6-18(17)23;;/h1-2,5-10,13,15,20H,3-4,11-12H2,(H,21,24);2*1H. The molecule has 5 nitrogen and oxygen atoms in total. The second-order valence-corrected chi connectivity index (χ2v) is 6.15. The molecule has 4 rings (SSSR count). The number of amides is 1. The van der Waals surface area contributed by atoms with E-state index in [-0.39, 0.29) is 30.7 Å². The zero-order valence-corrected chi connectivity index (χ0v) is 15.9. The number of halogens is 2. The molecule has 138 valence electrons. The molecule has 26 heavy (non-hydrogen) atoms. The third-order valence-corrected chi connectivity index (χ3v) is 4.53. The van der Waals surface area contributed by atoms with E-state index in [2.05, 4.69) is 15.6 Å². The van der Waals surface area contributed by atoms with Crippen molar-refractivity contribution in [3.8, 4) is 5.69 Å². The number of hydrogen-bond acceptors (Lipinski definition) is 3. The molecule has 1 fully saturated rings. The van der Waals surface area contributed by atoms with E-state index in [1.165, 1.54) is 6.42 Å². The average Bonchev–Trinajstić information content (AvgIpc) is 3.29. The van der Waals surface area contributed by atoms with Gasteiger partial charge < -0.3 is 10.6 Å². The highest BCUT2D eigenvalue weighted by Gasteiger charge is 2.15. The largest absolute Gasteiger partial charge is 0.350 e. The zero-order chi connectivity index (χ0) is 16.4. The van der Waals surface area contributed by atoms with E-state index in [4.69, 9.17) is 0 Å². The summed E-state index contributed by atoms with van der Waals surface area (Å²) in [4.78, 5) is 16.7. The van der Waals surface area contributed by atoms with Crippen LogP contribution in [0.2, 0.25) is 0 Å². The minimum Gasteiger partial charge on any atom is -0.350 e.